The molecule has 148 valence electrons. The molecule has 3 nitrogen and oxygen atoms in total. The smallest absolute Gasteiger partial charge is 0.221 e. The summed E-state index contributed by atoms with van der Waals surface area (Å²) in [6, 6.07) is 15.6. The summed E-state index contributed by atoms with van der Waals surface area (Å²) >= 11 is 0. The molecule has 0 atom stereocenters. The zero-order valence-electron chi connectivity index (χ0n) is 17.6. The van der Waals surface area contributed by atoms with Crippen molar-refractivity contribution in [1.82, 2.24) is 0 Å². The van der Waals surface area contributed by atoms with Crippen LogP contribution in [0.2, 0.25) is 0 Å². The first-order chi connectivity index (χ1) is 13.0. The Morgan fingerprint density at radius 3 is 1.79 bits per heavy atom. The number of hydrogen-bond donors (Lipinski definition) is 2. The van der Waals surface area contributed by atoms with Gasteiger partial charge in [-0.05, 0) is 71.1 Å². The lowest BCUT2D eigenvalue weighted by Gasteiger charge is -2.43. The van der Waals surface area contributed by atoms with Gasteiger partial charge in [0, 0.05) is 12.6 Å². The number of phenols is 1. The molecule has 1 aliphatic rings. The summed E-state index contributed by atoms with van der Waals surface area (Å²) in [6.45, 7) is 10.9. The lowest BCUT2D eigenvalue weighted by atomic mass is 9.62. The maximum atomic E-state index is 11.3. The standard InChI is InChI=1S/C25H31NO2/c1-17(27)26-21-10-6-18(7-11-21)23(19-8-12-22(28)13-9-19)20-14-24(2,3)16-25(4,5)15-20/h6-13,28H,14-16H2,1-5H3,(H,26,27). The van der Waals surface area contributed by atoms with Crippen molar-refractivity contribution in [1.29, 1.82) is 0 Å². The van der Waals surface area contributed by atoms with Crippen molar-refractivity contribution in [2.75, 3.05) is 5.32 Å². The predicted octanol–water partition coefficient (Wildman–Crippen LogP) is 6.39. The minimum atomic E-state index is -0.0688. The molecule has 3 rings (SSSR count). The number of carbonyl (C=O) groups excluding carboxylic acids is 1. The lowest BCUT2D eigenvalue weighted by Crippen LogP contribution is -2.30. The quantitative estimate of drug-likeness (QED) is 0.651. The number of anilines is 1. The number of benzene rings is 2. The van der Waals surface area contributed by atoms with E-state index in [2.05, 4.69) is 45.1 Å². The summed E-state index contributed by atoms with van der Waals surface area (Å²) in [6.07, 6.45) is 3.31. The van der Waals surface area contributed by atoms with Crippen molar-refractivity contribution in [3.63, 3.8) is 0 Å². The third kappa shape index (κ3) is 4.83. The Morgan fingerprint density at radius 2 is 1.32 bits per heavy atom. The van der Waals surface area contributed by atoms with Gasteiger partial charge in [-0.15, -0.1) is 0 Å². The minimum absolute atomic E-state index is 0.0688. The van der Waals surface area contributed by atoms with Crippen molar-refractivity contribution in [3.8, 4) is 5.75 Å². The monoisotopic (exact) mass is 377 g/mol. The van der Waals surface area contributed by atoms with E-state index < -0.39 is 0 Å². The van der Waals surface area contributed by atoms with Crippen LogP contribution in [0.4, 0.5) is 5.69 Å². The zero-order valence-corrected chi connectivity index (χ0v) is 17.6. The highest BCUT2D eigenvalue weighted by molar-refractivity contribution is 5.89. The number of phenolic OH excluding ortho intramolecular Hbond substituents is 1. The fourth-order valence-corrected chi connectivity index (χ4v) is 4.94. The van der Waals surface area contributed by atoms with Crippen LogP contribution in [0.1, 0.15) is 65.0 Å². The SMILES string of the molecule is CC(=O)Nc1ccc(C(=C2CC(C)(C)CC(C)(C)C2)c2ccc(O)cc2)cc1. The summed E-state index contributed by atoms with van der Waals surface area (Å²) in [4.78, 5) is 11.3. The van der Waals surface area contributed by atoms with E-state index in [1.807, 2.05) is 24.3 Å². The van der Waals surface area contributed by atoms with Gasteiger partial charge in [-0.25, -0.2) is 0 Å². The Labute approximate surface area is 168 Å². The van der Waals surface area contributed by atoms with Crippen LogP contribution in [0.25, 0.3) is 5.57 Å². The van der Waals surface area contributed by atoms with Crippen LogP contribution in [-0.4, -0.2) is 11.0 Å². The van der Waals surface area contributed by atoms with Crippen LogP contribution in [0.3, 0.4) is 0 Å². The van der Waals surface area contributed by atoms with E-state index in [0.29, 0.717) is 0 Å². The van der Waals surface area contributed by atoms with Crippen LogP contribution >= 0.6 is 0 Å². The van der Waals surface area contributed by atoms with Gasteiger partial charge in [0.25, 0.3) is 0 Å². The van der Waals surface area contributed by atoms with E-state index in [0.717, 1.165) is 29.7 Å². The number of allylic oxidation sites excluding steroid dienone is 1. The van der Waals surface area contributed by atoms with E-state index in [1.54, 1.807) is 12.1 Å². The van der Waals surface area contributed by atoms with E-state index >= 15 is 0 Å². The van der Waals surface area contributed by atoms with Gasteiger partial charge >= 0.3 is 0 Å². The van der Waals surface area contributed by atoms with E-state index in [1.165, 1.54) is 24.5 Å². The Morgan fingerprint density at radius 1 is 0.857 bits per heavy atom. The molecule has 1 saturated carbocycles. The Balaban J connectivity index is 2.13. The van der Waals surface area contributed by atoms with Gasteiger partial charge in [0.15, 0.2) is 0 Å². The highest BCUT2D eigenvalue weighted by atomic mass is 16.3. The molecule has 1 fully saturated rings. The summed E-state index contributed by atoms with van der Waals surface area (Å²) in [7, 11) is 0. The molecule has 0 aliphatic heterocycles. The molecule has 0 unspecified atom stereocenters. The first kappa shape index (κ1) is 20.2. The molecule has 1 amide bonds. The van der Waals surface area contributed by atoms with Crippen LogP contribution < -0.4 is 5.32 Å². The summed E-state index contributed by atoms with van der Waals surface area (Å²) < 4.78 is 0. The number of hydrogen-bond acceptors (Lipinski definition) is 2. The fourth-order valence-electron chi connectivity index (χ4n) is 4.94. The van der Waals surface area contributed by atoms with Crippen LogP contribution in [0.5, 0.6) is 5.75 Å². The summed E-state index contributed by atoms with van der Waals surface area (Å²) in [5, 5.41) is 12.6. The maximum Gasteiger partial charge on any atom is 0.221 e. The van der Waals surface area contributed by atoms with Crippen LogP contribution in [0, 0.1) is 10.8 Å². The van der Waals surface area contributed by atoms with Crippen molar-refractivity contribution >= 4 is 17.2 Å². The zero-order chi connectivity index (χ0) is 20.5. The van der Waals surface area contributed by atoms with Gasteiger partial charge in [-0.3, -0.25) is 4.79 Å². The number of aromatic hydroxyl groups is 1. The molecule has 28 heavy (non-hydrogen) atoms. The van der Waals surface area contributed by atoms with Gasteiger partial charge in [0.05, 0.1) is 0 Å². The molecule has 2 N–H and O–H groups in total. The molecule has 0 spiro atoms. The first-order valence-electron chi connectivity index (χ1n) is 9.94. The molecule has 0 aromatic heterocycles. The van der Waals surface area contributed by atoms with Gasteiger partial charge in [0.2, 0.25) is 5.91 Å². The molecule has 3 heteroatoms. The molecule has 2 aromatic rings. The number of amides is 1. The maximum absolute atomic E-state index is 11.3. The fraction of sp³-hybridized carbons (Fsp3) is 0.400. The second-order valence-electron chi connectivity index (χ2n) is 9.64. The van der Waals surface area contributed by atoms with Gasteiger partial charge in [0.1, 0.15) is 5.75 Å². The average Bonchev–Trinajstić information content (AvgIpc) is 2.55. The Bertz CT molecular complexity index is 869. The molecule has 2 aromatic carbocycles. The van der Waals surface area contributed by atoms with Crippen molar-refractivity contribution < 1.29 is 9.90 Å². The van der Waals surface area contributed by atoms with Crippen molar-refractivity contribution in [2.45, 2.75) is 53.9 Å². The summed E-state index contributed by atoms with van der Waals surface area (Å²) in [5.41, 5.74) is 6.26. The first-order valence-corrected chi connectivity index (χ1v) is 9.94. The Kier molecular flexibility index (Phi) is 5.38. The van der Waals surface area contributed by atoms with Crippen molar-refractivity contribution in [2.24, 2.45) is 10.8 Å². The highest BCUT2D eigenvalue weighted by Gasteiger charge is 2.37. The normalized spacial score (nSPS) is 17.8. The largest absolute Gasteiger partial charge is 0.508 e. The van der Waals surface area contributed by atoms with Crippen LogP contribution in [0.15, 0.2) is 54.1 Å². The molecule has 0 heterocycles. The molecular weight excluding hydrogens is 346 g/mol. The van der Waals surface area contributed by atoms with Gasteiger partial charge in [-0.1, -0.05) is 57.5 Å². The van der Waals surface area contributed by atoms with Crippen LogP contribution in [-0.2, 0) is 4.79 Å². The van der Waals surface area contributed by atoms with Gasteiger partial charge in [-0.2, -0.15) is 0 Å². The second kappa shape index (κ2) is 7.46. The van der Waals surface area contributed by atoms with E-state index in [9.17, 15) is 9.90 Å². The summed E-state index contributed by atoms with van der Waals surface area (Å²) in [5.74, 6) is 0.207. The van der Waals surface area contributed by atoms with E-state index in [-0.39, 0.29) is 22.5 Å². The third-order valence-corrected chi connectivity index (χ3v) is 5.34. The Hall–Kier alpha value is -2.55. The second-order valence-corrected chi connectivity index (χ2v) is 9.64. The van der Waals surface area contributed by atoms with Crippen molar-refractivity contribution in [3.05, 3.63) is 65.2 Å². The topological polar surface area (TPSA) is 49.3 Å². The minimum Gasteiger partial charge on any atom is -0.508 e. The lowest BCUT2D eigenvalue weighted by molar-refractivity contribution is -0.114. The van der Waals surface area contributed by atoms with E-state index in [4.69, 9.17) is 0 Å². The molecule has 0 bridgehead atoms. The number of nitrogens with one attached hydrogen (secondary N) is 1. The average molecular weight is 378 g/mol. The third-order valence-electron chi connectivity index (χ3n) is 5.34. The predicted molar refractivity (Wildman–Crippen MR) is 116 cm³/mol. The van der Waals surface area contributed by atoms with Gasteiger partial charge < -0.3 is 10.4 Å². The number of rotatable bonds is 3. The number of carbonyl (C=O) groups is 1. The molecular formula is C25H31NO2. The molecule has 0 saturated heterocycles. The highest BCUT2D eigenvalue weighted by Crippen LogP contribution is 2.50. The molecule has 0 radical (unpaired) electrons. The molecule has 1 aliphatic carbocycles.